The third-order valence-corrected chi connectivity index (χ3v) is 3.18. The van der Waals surface area contributed by atoms with Crippen LogP contribution in [-0.2, 0) is 4.79 Å². The summed E-state index contributed by atoms with van der Waals surface area (Å²) in [5.74, 6) is -0.0258. The van der Waals surface area contributed by atoms with E-state index in [4.69, 9.17) is 0 Å². The minimum absolute atomic E-state index is 0.166. The topological polar surface area (TPSA) is 70.2 Å². The van der Waals surface area contributed by atoms with Gasteiger partial charge in [-0.3, -0.25) is 9.59 Å². The van der Waals surface area contributed by atoms with Gasteiger partial charge in [0.1, 0.15) is 6.04 Å². The predicted octanol–water partition coefficient (Wildman–Crippen LogP) is 1.93. The van der Waals surface area contributed by atoms with Crippen molar-refractivity contribution in [2.24, 2.45) is 5.92 Å². The lowest BCUT2D eigenvalue weighted by Gasteiger charge is -2.15. The molecule has 2 amide bonds. The highest BCUT2D eigenvalue weighted by atomic mass is 16.2. The molecule has 0 aliphatic rings. The van der Waals surface area contributed by atoms with Gasteiger partial charge in [0, 0.05) is 24.8 Å². The van der Waals surface area contributed by atoms with E-state index in [1.807, 2.05) is 33.9 Å². The predicted molar refractivity (Wildman–Crippen MR) is 85.5 cm³/mol. The maximum absolute atomic E-state index is 12.1. The molecule has 0 aromatic heterocycles. The van der Waals surface area contributed by atoms with Crippen molar-refractivity contribution >= 4 is 17.5 Å². The number of carbonyl (C=O) groups is 2. The van der Waals surface area contributed by atoms with Crippen LogP contribution < -0.4 is 16.0 Å². The van der Waals surface area contributed by atoms with Crippen LogP contribution in [0.25, 0.3) is 0 Å². The number of amides is 2. The van der Waals surface area contributed by atoms with Crippen molar-refractivity contribution < 1.29 is 9.59 Å². The molecule has 0 saturated carbocycles. The fourth-order valence-corrected chi connectivity index (χ4v) is 1.89. The van der Waals surface area contributed by atoms with Crippen molar-refractivity contribution in [1.82, 2.24) is 10.6 Å². The molecule has 1 unspecified atom stereocenters. The van der Waals surface area contributed by atoms with E-state index in [0.717, 1.165) is 11.3 Å². The van der Waals surface area contributed by atoms with Crippen molar-refractivity contribution in [3.63, 3.8) is 0 Å². The van der Waals surface area contributed by atoms with E-state index in [0.29, 0.717) is 18.0 Å². The Morgan fingerprint density at radius 1 is 1.19 bits per heavy atom. The van der Waals surface area contributed by atoms with Crippen molar-refractivity contribution in [3.05, 3.63) is 29.3 Å². The Balaban J connectivity index is 2.64. The summed E-state index contributed by atoms with van der Waals surface area (Å²) in [7, 11) is 1.84. The molecule has 5 heteroatoms. The highest BCUT2D eigenvalue weighted by molar-refractivity contribution is 5.97. The van der Waals surface area contributed by atoms with Gasteiger partial charge in [0.15, 0.2) is 0 Å². The molecule has 1 atom stereocenters. The van der Waals surface area contributed by atoms with Gasteiger partial charge in [0.25, 0.3) is 5.91 Å². The van der Waals surface area contributed by atoms with E-state index in [2.05, 4.69) is 16.0 Å². The lowest BCUT2D eigenvalue weighted by atomic mass is 10.1. The molecule has 0 saturated heterocycles. The van der Waals surface area contributed by atoms with E-state index in [1.165, 1.54) is 0 Å². The van der Waals surface area contributed by atoms with Crippen LogP contribution in [0.3, 0.4) is 0 Å². The summed E-state index contributed by atoms with van der Waals surface area (Å²) in [4.78, 5) is 24.0. The second-order valence-electron chi connectivity index (χ2n) is 5.61. The van der Waals surface area contributed by atoms with E-state index in [-0.39, 0.29) is 11.8 Å². The Bertz CT molecular complexity index is 512. The van der Waals surface area contributed by atoms with Crippen molar-refractivity contribution in [1.29, 1.82) is 0 Å². The molecular formula is C16H25N3O2. The smallest absolute Gasteiger partial charge is 0.251 e. The van der Waals surface area contributed by atoms with Gasteiger partial charge in [0.2, 0.25) is 5.91 Å². The Kier molecular flexibility index (Phi) is 6.21. The minimum atomic E-state index is -0.555. The number of nitrogens with one attached hydrogen (secondary N) is 3. The summed E-state index contributed by atoms with van der Waals surface area (Å²) in [5.41, 5.74) is 2.52. The largest absolute Gasteiger partial charge is 0.388 e. The number of hydrogen-bond donors (Lipinski definition) is 3. The van der Waals surface area contributed by atoms with E-state index in [9.17, 15) is 9.59 Å². The zero-order valence-electron chi connectivity index (χ0n) is 13.4. The average Bonchev–Trinajstić information content (AvgIpc) is 2.44. The van der Waals surface area contributed by atoms with Crippen LogP contribution in [0, 0.1) is 12.8 Å². The van der Waals surface area contributed by atoms with Crippen molar-refractivity contribution in [3.8, 4) is 0 Å². The van der Waals surface area contributed by atoms with Crippen molar-refractivity contribution in [2.45, 2.75) is 33.7 Å². The van der Waals surface area contributed by atoms with Crippen LogP contribution in [0.1, 0.15) is 36.7 Å². The Labute approximate surface area is 126 Å². The third kappa shape index (κ3) is 5.10. The van der Waals surface area contributed by atoms with Crippen molar-refractivity contribution in [2.75, 3.05) is 18.9 Å². The number of hydrogen-bond acceptors (Lipinski definition) is 3. The van der Waals surface area contributed by atoms with Gasteiger partial charge in [-0.1, -0.05) is 13.8 Å². The summed E-state index contributed by atoms with van der Waals surface area (Å²) >= 11 is 0. The summed E-state index contributed by atoms with van der Waals surface area (Å²) < 4.78 is 0. The van der Waals surface area contributed by atoms with Gasteiger partial charge >= 0.3 is 0 Å². The van der Waals surface area contributed by atoms with Gasteiger partial charge in [-0.05, 0) is 43.5 Å². The van der Waals surface area contributed by atoms with Gasteiger partial charge in [-0.2, -0.15) is 0 Å². The molecule has 0 radical (unpaired) electrons. The molecule has 1 aromatic carbocycles. The highest BCUT2D eigenvalue weighted by Gasteiger charge is 2.16. The molecular weight excluding hydrogens is 266 g/mol. The maximum Gasteiger partial charge on any atom is 0.251 e. The second-order valence-corrected chi connectivity index (χ2v) is 5.61. The Morgan fingerprint density at radius 3 is 2.38 bits per heavy atom. The van der Waals surface area contributed by atoms with Crippen LogP contribution in [0.2, 0.25) is 0 Å². The molecule has 3 N–H and O–H groups in total. The molecule has 0 spiro atoms. The van der Waals surface area contributed by atoms with E-state index < -0.39 is 6.04 Å². The molecule has 5 nitrogen and oxygen atoms in total. The molecule has 1 rings (SSSR count). The lowest BCUT2D eigenvalue weighted by molar-refractivity contribution is -0.122. The molecule has 21 heavy (non-hydrogen) atoms. The van der Waals surface area contributed by atoms with Crippen LogP contribution in [0.15, 0.2) is 18.2 Å². The molecule has 116 valence electrons. The molecule has 0 aliphatic heterocycles. The van der Waals surface area contributed by atoms with Crippen LogP contribution in [-0.4, -0.2) is 31.4 Å². The van der Waals surface area contributed by atoms with Crippen LogP contribution in [0.4, 0.5) is 5.69 Å². The second kappa shape index (κ2) is 7.67. The molecule has 0 bridgehead atoms. The first-order chi connectivity index (χ1) is 9.85. The normalized spacial score (nSPS) is 11.9. The summed E-state index contributed by atoms with van der Waals surface area (Å²) in [6, 6.07) is 4.85. The molecule has 0 fully saturated rings. The molecule has 0 heterocycles. The SMILES string of the molecule is CNc1ccc(C(=O)NC(C)C(=O)NCC(C)C)cc1C. The minimum Gasteiger partial charge on any atom is -0.388 e. The zero-order chi connectivity index (χ0) is 16.0. The first-order valence-corrected chi connectivity index (χ1v) is 7.22. The first-order valence-electron chi connectivity index (χ1n) is 7.22. The monoisotopic (exact) mass is 291 g/mol. The quantitative estimate of drug-likeness (QED) is 0.750. The van der Waals surface area contributed by atoms with E-state index >= 15 is 0 Å². The van der Waals surface area contributed by atoms with Gasteiger partial charge in [-0.15, -0.1) is 0 Å². The number of carbonyl (C=O) groups excluding carboxylic acids is 2. The average molecular weight is 291 g/mol. The number of aryl methyl sites for hydroxylation is 1. The summed E-state index contributed by atoms with van der Waals surface area (Å²) in [6.07, 6.45) is 0. The zero-order valence-corrected chi connectivity index (χ0v) is 13.4. The number of anilines is 1. The number of benzene rings is 1. The van der Waals surface area contributed by atoms with Crippen LogP contribution in [0.5, 0.6) is 0 Å². The Morgan fingerprint density at radius 2 is 1.86 bits per heavy atom. The van der Waals surface area contributed by atoms with E-state index in [1.54, 1.807) is 19.1 Å². The third-order valence-electron chi connectivity index (χ3n) is 3.18. The lowest BCUT2D eigenvalue weighted by Crippen LogP contribution is -2.45. The van der Waals surface area contributed by atoms with Gasteiger partial charge < -0.3 is 16.0 Å². The fourth-order valence-electron chi connectivity index (χ4n) is 1.89. The highest BCUT2D eigenvalue weighted by Crippen LogP contribution is 2.15. The Hall–Kier alpha value is -2.04. The summed E-state index contributed by atoms with van der Waals surface area (Å²) in [5, 5.41) is 8.57. The molecule has 0 aliphatic carbocycles. The van der Waals surface area contributed by atoms with Crippen LogP contribution >= 0.6 is 0 Å². The summed E-state index contributed by atoms with van der Waals surface area (Å²) in [6.45, 7) is 8.27. The number of rotatable bonds is 6. The van der Waals surface area contributed by atoms with Gasteiger partial charge in [0.05, 0.1) is 0 Å². The standard InChI is InChI=1S/C16H25N3O2/c1-10(2)9-18-15(20)12(4)19-16(21)13-6-7-14(17-5)11(3)8-13/h6-8,10,12,17H,9H2,1-5H3,(H,18,20)(H,19,21). The fraction of sp³-hybridized carbons (Fsp3) is 0.500. The van der Waals surface area contributed by atoms with Gasteiger partial charge in [-0.25, -0.2) is 0 Å². The maximum atomic E-state index is 12.1. The molecule has 1 aromatic rings. The first kappa shape index (κ1) is 17.0.